The predicted molar refractivity (Wildman–Crippen MR) is 65.7 cm³/mol. The molecular weight excluding hydrogens is 240 g/mol. The van der Waals surface area contributed by atoms with Crippen molar-refractivity contribution in [3.8, 4) is 11.5 Å². The van der Waals surface area contributed by atoms with Gasteiger partial charge in [0.05, 0.1) is 6.61 Å². The van der Waals surface area contributed by atoms with E-state index in [1.54, 1.807) is 18.2 Å². The Labute approximate surface area is 105 Å². The molecule has 1 aliphatic rings. The third kappa shape index (κ3) is 3.03. The minimum Gasteiger partial charge on any atom is -0.490 e. The van der Waals surface area contributed by atoms with Crippen LogP contribution >= 0.6 is 0 Å². The second kappa shape index (κ2) is 5.89. The van der Waals surface area contributed by atoms with E-state index in [1.165, 1.54) is 12.8 Å². The summed E-state index contributed by atoms with van der Waals surface area (Å²) < 4.78 is 34.3. The molecule has 5 heteroatoms. The Balaban J connectivity index is 2.21. The van der Waals surface area contributed by atoms with Gasteiger partial charge in [-0.2, -0.15) is 8.78 Å². The smallest absolute Gasteiger partial charge is 0.387 e. The minimum absolute atomic E-state index is 0.0924. The van der Waals surface area contributed by atoms with Crippen molar-refractivity contribution in [2.75, 3.05) is 24.6 Å². The Morgan fingerprint density at radius 1 is 1.22 bits per heavy atom. The zero-order valence-electron chi connectivity index (χ0n) is 10.4. The first-order valence-electron chi connectivity index (χ1n) is 6.17. The maximum Gasteiger partial charge on any atom is 0.387 e. The van der Waals surface area contributed by atoms with Crippen LogP contribution in [0.15, 0.2) is 18.2 Å². The molecule has 1 aromatic carbocycles. The van der Waals surface area contributed by atoms with Gasteiger partial charge in [0.15, 0.2) is 11.5 Å². The average molecular weight is 257 g/mol. The summed E-state index contributed by atoms with van der Waals surface area (Å²) in [4.78, 5) is 2.22. The van der Waals surface area contributed by atoms with Crippen molar-refractivity contribution in [1.29, 1.82) is 0 Å². The zero-order valence-corrected chi connectivity index (χ0v) is 10.4. The Kier molecular flexibility index (Phi) is 4.23. The number of nitrogens with zero attached hydrogens (tertiary/aromatic N) is 1. The molecule has 0 amide bonds. The number of alkyl halides is 2. The van der Waals surface area contributed by atoms with Gasteiger partial charge < -0.3 is 14.4 Å². The average Bonchev–Trinajstić information content (AvgIpc) is 2.84. The van der Waals surface area contributed by atoms with Gasteiger partial charge in [-0.3, -0.25) is 0 Å². The summed E-state index contributed by atoms with van der Waals surface area (Å²) in [6, 6.07) is 5.11. The molecular formula is C13H17F2NO2. The third-order valence-electron chi connectivity index (χ3n) is 2.91. The number of hydrogen-bond acceptors (Lipinski definition) is 3. The van der Waals surface area contributed by atoms with Gasteiger partial charge in [-0.05, 0) is 31.9 Å². The van der Waals surface area contributed by atoms with Gasteiger partial charge in [0.2, 0.25) is 0 Å². The normalized spacial score (nSPS) is 15.2. The van der Waals surface area contributed by atoms with E-state index in [0.29, 0.717) is 12.4 Å². The van der Waals surface area contributed by atoms with Gasteiger partial charge >= 0.3 is 6.61 Å². The van der Waals surface area contributed by atoms with Crippen molar-refractivity contribution in [1.82, 2.24) is 0 Å². The molecule has 18 heavy (non-hydrogen) atoms. The highest BCUT2D eigenvalue weighted by atomic mass is 19.3. The summed E-state index contributed by atoms with van der Waals surface area (Å²) in [5.41, 5.74) is 0.998. The highest BCUT2D eigenvalue weighted by molar-refractivity contribution is 5.56. The first-order valence-corrected chi connectivity index (χ1v) is 6.17. The Morgan fingerprint density at radius 3 is 2.56 bits per heavy atom. The van der Waals surface area contributed by atoms with Crippen LogP contribution in [0.1, 0.15) is 19.8 Å². The molecule has 0 aromatic heterocycles. The van der Waals surface area contributed by atoms with E-state index in [9.17, 15) is 8.78 Å². The fourth-order valence-corrected chi connectivity index (χ4v) is 2.13. The molecule has 0 atom stereocenters. The first kappa shape index (κ1) is 12.9. The van der Waals surface area contributed by atoms with Crippen LogP contribution in [0, 0.1) is 0 Å². The highest BCUT2D eigenvalue weighted by Gasteiger charge is 2.16. The van der Waals surface area contributed by atoms with Crippen molar-refractivity contribution in [2.45, 2.75) is 26.4 Å². The van der Waals surface area contributed by atoms with Crippen molar-refractivity contribution < 1.29 is 18.3 Å². The summed E-state index contributed by atoms with van der Waals surface area (Å²) in [5, 5.41) is 0. The molecule has 1 aromatic rings. The van der Waals surface area contributed by atoms with Gasteiger partial charge in [-0.25, -0.2) is 0 Å². The topological polar surface area (TPSA) is 21.7 Å². The molecule has 2 rings (SSSR count). The van der Waals surface area contributed by atoms with Gasteiger partial charge in [0.25, 0.3) is 0 Å². The summed E-state index contributed by atoms with van der Waals surface area (Å²) in [6.07, 6.45) is 2.33. The summed E-state index contributed by atoms with van der Waals surface area (Å²) >= 11 is 0. The van der Waals surface area contributed by atoms with E-state index in [2.05, 4.69) is 9.64 Å². The van der Waals surface area contributed by atoms with Crippen molar-refractivity contribution in [3.05, 3.63) is 18.2 Å². The molecule has 0 spiro atoms. The molecule has 0 bridgehead atoms. The number of ether oxygens (including phenoxy) is 2. The molecule has 3 nitrogen and oxygen atoms in total. The van der Waals surface area contributed by atoms with Gasteiger partial charge in [-0.1, -0.05) is 0 Å². The Morgan fingerprint density at radius 2 is 1.94 bits per heavy atom. The maximum atomic E-state index is 12.3. The second-order valence-corrected chi connectivity index (χ2v) is 4.14. The minimum atomic E-state index is -2.83. The zero-order chi connectivity index (χ0) is 13.0. The van der Waals surface area contributed by atoms with E-state index in [1.807, 2.05) is 6.92 Å². The number of anilines is 1. The SMILES string of the molecule is CCOc1cc(N2CCCC2)ccc1OC(F)F. The highest BCUT2D eigenvalue weighted by Crippen LogP contribution is 2.34. The molecule has 0 N–H and O–H groups in total. The quantitative estimate of drug-likeness (QED) is 0.808. The molecule has 1 fully saturated rings. The largest absolute Gasteiger partial charge is 0.490 e. The molecule has 100 valence electrons. The van der Waals surface area contributed by atoms with Crippen LogP contribution in [0.3, 0.4) is 0 Å². The predicted octanol–water partition coefficient (Wildman–Crippen LogP) is 3.29. The summed E-state index contributed by atoms with van der Waals surface area (Å²) in [6.45, 7) is 1.40. The fourth-order valence-electron chi connectivity index (χ4n) is 2.13. The molecule has 0 radical (unpaired) electrons. The number of benzene rings is 1. The molecule has 0 saturated carbocycles. The third-order valence-corrected chi connectivity index (χ3v) is 2.91. The summed E-state index contributed by atoms with van der Waals surface area (Å²) in [5.74, 6) is 0.469. The summed E-state index contributed by atoms with van der Waals surface area (Å²) in [7, 11) is 0. The molecule has 0 unspecified atom stereocenters. The van der Waals surface area contributed by atoms with Crippen LogP contribution in [0.5, 0.6) is 11.5 Å². The number of hydrogen-bond donors (Lipinski definition) is 0. The van der Waals surface area contributed by atoms with Crippen LogP contribution in [0.25, 0.3) is 0 Å². The van der Waals surface area contributed by atoms with Crippen LogP contribution in [0.2, 0.25) is 0 Å². The van der Waals surface area contributed by atoms with Crippen LogP contribution in [0.4, 0.5) is 14.5 Å². The standard InChI is InChI=1S/C13H17F2NO2/c1-2-17-12-9-10(16-7-3-4-8-16)5-6-11(12)18-13(14)15/h5-6,9,13H,2-4,7-8H2,1H3. The van der Waals surface area contributed by atoms with Crippen LogP contribution < -0.4 is 14.4 Å². The monoisotopic (exact) mass is 257 g/mol. The fraction of sp³-hybridized carbons (Fsp3) is 0.538. The van der Waals surface area contributed by atoms with Crippen molar-refractivity contribution >= 4 is 5.69 Å². The lowest BCUT2D eigenvalue weighted by Gasteiger charge is -2.20. The molecule has 1 saturated heterocycles. The lowest BCUT2D eigenvalue weighted by atomic mass is 10.2. The number of rotatable bonds is 5. The molecule has 0 aliphatic carbocycles. The lowest BCUT2D eigenvalue weighted by molar-refractivity contribution is -0.0514. The van der Waals surface area contributed by atoms with E-state index < -0.39 is 6.61 Å². The van der Waals surface area contributed by atoms with Crippen LogP contribution in [-0.4, -0.2) is 26.3 Å². The van der Waals surface area contributed by atoms with E-state index in [0.717, 1.165) is 18.8 Å². The van der Waals surface area contributed by atoms with Gasteiger partial charge in [0, 0.05) is 24.8 Å². The molecule has 1 heterocycles. The number of halogens is 2. The van der Waals surface area contributed by atoms with Gasteiger partial charge in [-0.15, -0.1) is 0 Å². The van der Waals surface area contributed by atoms with Crippen molar-refractivity contribution in [2.24, 2.45) is 0 Å². The van der Waals surface area contributed by atoms with E-state index in [-0.39, 0.29) is 5.75 Å². The molecule has 1 aliphatic heterocycles. The Hall–Kier alpha value is -1.52. The van der Waals surface area contributed by atoms with Crippen LogP contribution in [-0.2, 0) is 0 Å². The van der Waals surface area contributed by atoms with Crippen molar-refractivity contribution in [3.63, 3.8) is 0 Å². The van der Waals surface area contributed by atoms with E-state index in [4.69, 9.17) is 4.74 Å². The van der Waals surface area contributed by atoms with E-state index >= 15 is 0 Å². The Bertz CT molecular complexity index is 393. The lowest BCUT2D eigenvalue weighted by Crippen LogP contribution is -2.17. The second-order valence-electron chi connectivity index (χ2n) is 4.14. The first-order chi connectivity index (χ1) is 8.70. The van der Waals surface area contributed by atoms with Gasteiger partial charge in [0.1, 0.15) is 0 Å². The maximum absolute atomic E-state index is 12.3.